The van der Waals surface area contributed by atoms with Gasteiger partial charge in [-0.05, 0) is 89.5 Å². The number of aromatic nitrogens is 4. The zero-order chi connectivity index (χ0) is 44.8. The van der Waals surface area contributed by atoms with Crippen LogP contribution in [0.15, 0.2) is 108 Å². The molecule has 0 spiro atoms. The smallest absolute Gasteiger partial charge is 0.335 e. The normalized spacial score (nSPS) is 15.8. The Bertz CT molecular complexity index is 2540. The van der Waals surface area contributed by atoms with Gasteiger partial charge < -0.3 is 24.9 Å². The molecule has 2 aliphatic carbocycles. The summed E-state index contributed by atoms with van der Waals surface area (Å²) in [5.41, 5.74) is 7.91. The molecule has 356 valence electrons. The topological polar surface area (TPSA) is 114 Å². The number of benzene rings is 4. The molecule has 12 nitrogen and oxygen atoms in total. The molecule has 0 bridgehead atoms. The molecule has 5 aliphatic rings. The van der Waals surface area contributed by atoms with Crippen LogP contribution in [0.3, 0.4) is 0 Å². The van der Waals surface area contributed by atoms with Gasteiger partial charge in [0.15, 0.2) is 0 Å². The Morgan fingerprint density at radius 3 is 1.39 bits per heavy atom. The number of hydrogen-bond donors (Lipinski definition) is 1. The summed E-state index contributed by atoms with van der Waals surface area (Å²) in [5, 5.41) is 2.68. The fourth-order valence-corrected chi connectivity index (χ4v) is 8.63. The average molecular weight is 1490 g/mol. The van der Waals surface area contributed by atoms with E-state index < -0.39 is 11.6 Å². The standard InChI is InChI=1S/C21H17BrN4.C21H18N4.C5H7BrN2O2.CH2Cl2.BrH.2Ir/c22-15-7-6-10-17(13-15)26-14-25(16-8-2-1-3-9-16)20-21(26)24-19-12-5-4-11-18(19)23-20;1-3-9-16(10-4-1)24-15-25(17-11-5-2-6-12-17)21-20(24)22-18-13-7-8-14-19(18)23-21;1-5(2)3(9)8(6)4(10)7-5;2-1-3;;;/h1-3,6-9,13-14H,4-5,11-12H2;1-6,9-11,15H,7-8,13-14H2;1-2H3,(H,7,10);1H2;1H;;/q2*-2;;;;;. The van der Waals surface area contributed by atoms with Crippen LogP contribution >= 0.6 is 72.3 Å². The van der Waals surface area contributed by atoms with E-state index in [1.807, 2.05) is 66.7 Å². The number of amides is 3. The Morgan fingerprint density at radius 1 is 0.627 bits per heavy atom. The molecule has 19 heteroatoms. The summed E-state index contributed by atoms with van der Waals surface area (Å²) in [5.74, 6) is 3.31. The molecule has 2 radical (unpaired) electrons. The third-order valence-electron chi connectivity index (χ3n) is 10.9. The third kappa shape index (κ3) is 12.5. The van der Waals surface area contributed by atoms with Gasteiger partial charge >= 0.3 is 6.03 Å². The summed E-state index contributed by atoms with van der Waals surface area (Å²) in [7, 11) is 0. The molecular weight excluding hydrogens is 1440 g/mol. The third-order valence-corrected chi connectivity index (χ3v) is 12.0. The van der Waals surface area contributed by atoms with Crippen molar-refractivity contribution in [2.75, 3.05) is 24.9 Å². The van der Waals surface area contributed by atoms with Crippen molar-refractivity contribution in [3.8, 4) is 0 Å². The van der Waals surface area contributed by atoms with E-state index in [1.54, 1.807) is 13.8 Å². The van der Waals surface area contributed by atoms with Crippen molar-refractivity contribution in [2.45, 2.75) is 70.8 Å². The van der Waals surface area contributed by atoms with Crippen molar-refractivity contribution in [3.05, 3.63) is 156 Å². The van der Waals surface area contributed by atoms with Gasteiger partial charge in [-0.3, -0.25) is 4.79 Å². The molecule has 2 aromatic heterocycles. The van der Waals surface area contributed by atoms with Gasteiger partial charge in [0.1, 0.15) is 28.8 Å². The molecule has 0 atom stereocenters. The molecule has 4 aromatic carbocycles. The number of hydrogen-bond acceptors (Lipinski definition) is 10. The van der Waals surface area contributed by atoms with Crippen LogP contribution in [0.1, 0.15) is 62.3 Å². The number of nitrogens with zero attached hydrogens (tertiary/aromatic N) is 9. The first-order valence-corrected chi connectivity index (χ1v) is 23.5. The number of nitrogens with one attached hydrogen (secondary N) is 1. The SMILES string of the molecule is Br.Brc1cc[c-]c(N2[CH-]N(c3ccccc3)c3nc4c(nc32)CCCC4)c1.CC1(C)NC(=O)N(Br)C1=O.ClCCl.[Ir].[Ir].[c-]1ccccc1N1[CH-]N(c2ccccc2)c2nc3c(nc21)CCCC3. The number of alkyl halides is 2. The van der Waals surface area contributed by atoms with E-state index in [1.165, 1.54) is 25.7 Å². The van der Waals surface area contributed by atoms with E-state index >= 15 is 0 Å². The van der Waals surface area contributed by atoms with Crippen LogP contribution in [0, 0.1) is 25.5 Å². The molecule has 1 N–H and O–H groups in total. The van der Waals surface area contributed by atoms with Gasteiger partial charge in [0.25, 0.3) is 5.91 Å². The molecule has 67 heavy (non-hydrogen) atoms. The molecule has 11 rings (SSSR count). The summed E-state index contributed by atoms with van der Waals surface area (Å²) in [6.45, 7) is 7.42. The number of urea groups is 1. The largest absolute Gasteiger partial charge is 0.477 e. The predicted molar refractivity (Wildman–Crippen MR) is 271 cm³/mol. The fraction of sp³-hybridized carbons (Fsp3) is 0.250. The number of aryl methyl sites for hydroxylation is 4. The van der Waals surface area contributed by atoms with Crippen LogP contribution in [0.25, 0.3) is 0 Å². The van der Waals surface area contributed by atoms with E-state index in [0.29, 0.717) is 0 Å². The molecule has 3 aliphatic heterocycles. The van der Waals surface area contributed by atoms with Gasteiger partial charge in [-0.15, -0.1) is 71.0 Å². The Balaban J connectivity index is 0.000000193. The maximum Gasteiger partial charge on any atom is 0.335 e. The van der Waals surface area contributed by atoms with E-state index in [0.717, 1.165) is 103 Å². The number of rotatable bonds is 4. The van der Waals surface area contributed by atoms with Crippen molar-refractivity contribution < 1.29 is 49.8 Å². The quantitative estimate of drug-likeness (QED) is 0.0792. The Hall–Kier alpha value is -3.50. The molecule has 6 aromatic rings. The van der Waals surface area contributed by atoms with Gasteiger partial charge in [0, 0.05) is 51.6 Å². The first-order chi connectivity index (χ1) is 31.1. The van der Waals surface area contributed by atoms with E-state index in [-0.39, 0.29) is 68.4 Å². The minimum atomic E-state index is -0.763. The number of carbonyl (C=O) groups is 2. The van der Waals surface area contributed by atoms with E-state index in [4.69, 9.17) is 43.1 Å². The summed E-state index contributed by atoms with van der Waals surface area (Å²) >= 11 is 15.9. The maximum absolute atomic E-state index is 11.0. The molecule has 5 heterocycles. The van der Waals surface area contributed by atoms with Crippen molar-refractivity contribution in [1.82, 2.24) is 29.2 Å². The second-order valence-corrected chi connectivity index (χ2v) is 18.1. The molecule has 0 saturated carbocycles. The van der Waals surface area contributed by atoms with Crippen molar-refractivity contribution in [3.63, 3.8) is 0 Å². The number of para-hydroxylation sites is 3. The fourth-order valence-electron chi connectivity index (χ4n) is 7.75. The number of fused-ring (bicyclic) bond motifs is 4. The Labute approximate surface area is 456 Å². The van der Waals surface area contributed by atoms with Crippen molar-refractivity contribution in [1.29, 1.82) is 0 Å². The summed E-state index contributed by atoms with van der Waals surface area (Å²) in [6.07, 6.45) is 8.85. The van der Waals surface area contributed by atoms with E-state index in [9.17, 15) is 9.59 Å². The first-order valence-electron chi connectivity index (χ1n) is 20.9. The second-order valence-electron chi connectivity index (χ2n) is 15.7. The molecule has 0 unspecified atom stereocenters. The zero-order valence-corrected chi connectivity index (χ0v) is 47.4. The van der Waals surface area contributed by atoms with Crippen molar-refractivity contribution in [2.24, 2.45) is 0 Å². The number of imide groups is 1. The molecule has 3 amide bonds. The van der Waals surface area contributed by atoms with E-state index in [2.05, 4.69) is 119 Å². The molecule has 1 saturated heterocycles. The van der Waals surface area contributed by atoms with Gasteiger partial charge in [0.2, 0.25) is 0 Å². The Kier molecular flexibility index (Phi) is 20.2. The van der Waals surface area contributed by atoms with Crippen LogP contribution in [-0.2, 0) is 70.7 Å². The van der Waals surface area contributed by atoms with Gasteiger partial charge in [-0.1, -0.05) is 56.8 Å². The van der Waals surface area contributed by atoms with Crippen LogP contribution in [0.5, 0.6) is 0 Å². The number of carbonyl (C=O) groups excluding carboxylic acids is 2. The Morgan fingerprint density at radius 2 is 1.03 bits per heavy atom. The average Bonchev–Trinajstić information content (AvgIpc) is 3.94. The van der Waals surface area contributed by atoms with Gasteiger partial charge in [-0.25, -0.2) is 24.7 Å². The monoisotopic (exact) mass is 1490 g/mol. The summed E-state index contributed by atoms with van der Waals surface area (Å²) in [6, 6.07) is 40.8. The minimum absolute atomic E-state index is 0. The summed E-state index contributed by atoms with van der Waals surface area (Å²) in [4.78, 5) is 50.2. The minimum Gasteiger partial charge on any atom is -0.477 e. The van der Waals surface area contributed by atoms with Gasteiger partial charge in [-0.2, -0.15) is 52.5 Å². The van der Waals surface area contributed by atoms with Gasteiger partial charge in [0.05, 0.1) is 44.3 Å². The van der Waals surface area contributed by atoms with Crippen LogP contribution in [0.2, 0.25) is 0 Å². The predicted octanol–water partition coefficient (Wildman–Crippen LogP) is 12.5. The second kappa shape index (κ2) is 24.9. The first kappa shape index (κ1) is 54.4. The number of anilines is 8. The molecule has 1 fully saturated rings. The van der Waals surface area contributed by atoms with Crippen molar-refractivity contribution >= 4 is 130 Å². The number of halogens is 5. The summed E-state index contributed by atoms with van der Waals surface area (Å²) < 4.78 is 1.91. The molecular formula is C48H45Br3Cl2Ir2N10O2-4. The van der Waals surface area contributed by atoms with Crippen LogP contribution in [0.4, 0.5) is 50.8 Å². The van der Waals surface area contributed by atoms with Crippen LogP contribution < -0.4 is 24.9 Å². The maximum atomic E-state index is 11.0. The van der Waals surface area contributed by atoms with Crippen LogP contribution in [-0.4, -0.2) is 46.7 Å². The zero-order valence-electron chi connectivity index (χ0n) is 36.3.